The van der Waals surface area contributed by atoms with E-state index in [-0.39, 0.29) is 28.6 Å². The van der Waals surface area contributed by atoms with E-state index < -0.39 is 5.83 Å². The number of allylic oxidation sites excluding steroid dienone is 4. The van der Waals surface area contributed by atoms with Crippen LogP contribution in [0.5, 0.6) is 5.75 Å². The van der Waals surface area contributed by atoms with E-state index in [1.165, 1.54) is 6.08 Å². The number of aromatic hydroxyl groups is 1. The Hall–Kier alpha value is -1.90. The largest absolute Gasteiger partial charge is 0.507 e. The van der Waals surface area contributed by atoms with E-state index >= 15 is 0 Å². The van der Waals surface area contributed by atoms with Crippen molar-refractivity contribution in [3.63, 3.8) is 0 Å². The summed E-state index contributed by atoms with van der Waals surface area (Å²) in [6.45, 7) is 12.4. The van der Waals surface area contributed by atoms with Gasteiger partial charge in [0.05, 0.1) is 0 Å². The fourth-order valence-corrected chi connectivity index (χ4v) is 3.12. The number of carbonyl (C=O) groups excluding carboxylic acids is 1. The van der Waals surface area contributed by atoms with Crippen molar-refractivity contribution in [3.8, 4) is 5.75 Å². The molecule has 3 heteroatoms. The first-order valence-corrected chi connectivity index (χ1v) is 8.86. The van der Waals surface area contributed by atoms with Gasteiger partial charge in [0.25, 0.3) is 0 Å². The van der Waals surface area contributed by atoms with Crippen molar-refractivity contribution in [1.82, 2.24) is 0 Å². The van der Waals surface area contributed by atoms with Gasteiger partial charge in [-0.2, -0.15) is 0 Å². The molecule has 1 aliphatic carbocycles. The first kappa shape index (κ1) is 19.4. The topological polar surface area (TPSA) is 37.3 Å². The molecule has 1 aliphatic rings. The molecule has 2 nitrogen and oxygen atoms in total. The predicted octanol–water partition coefficient (Wildman–Crippen LogP) is 5.67. The fourth-order valence-electron chi connectivity index (χ4n) is 3.12. The zero-order valence-electron chi connectivity index (χ0n) is 16.2. The highest BCUT2D eigenvalue weighted by Gasteiger charge is 2.26. The molecule has 0 aromatic heterocycles. The van der Waals surface area contributed by atoms with Crippen molar-refractivity contribution >= 4 is 5.78 Å². The van der Waals surface area contributed by atoms with Gasteiger partial charge in [-0.05, 0) is 46.4 Å². The molecule has 0 saturated heterocycles. The Morgan fingerprint density at radius 1 is 1.08 bits per heavy atom. The number of carbonyl (C=O) groups is 1. The average molecular weight is 344 g/mol. The Morgan fingerprint density at radius 2 is 1.60 bits per heavy atom. The highest BCUT2D eigenvalue weighted by Crippen LogP contribution is 2.40. The molecular formula is C22H29FO2. The van der Waals surface area contributed by atoms with Crippen molar-refractivity contribution < 1.29 is 14.3 Å². The van der Waals surface area contributed by atoms with Gasteiger partial charge in [-0.1, -0.05) is 59.8 Å². The molecule has 0 spiro atoms. The molecule has 0 amide bonds. The Kier molecular flexibility index (Phi) is 5.27. The van der Waals surface area contributed by atoms with Crippen molar-refractivity contribution in [2.24, 2.45) is 0 Å². The van der Waals surface area contributed by atoms with Gasteiger partial charge in [0, 0.05) is 12.0 Å². The summed E-state index contributed by atoms with van der Waals surface area (Å²) >= 11 is 0. The summed E-state index contributed by atoms with van der Waals surface area (Å²) in [5.41, 5.74) is 2.66. The van der Waals surface area contributed by atoms with Crippen molar-refractivity contribution in [2.75, 3.05) is 0 Å². The van der Waals surface area contributed by atoms with Gasteiger partial charge < -0.3 is 5.11 Å². The lowest BCUT2D eigenvalue weighted by Crippen LogP contribution is -2.18. The lowest BCUT2D eigenvalue weighted by atomic mass is 9.78. The van der Waals surface area contributed by atoms with Crippen LogP contribution in [0.15, 0.2) is 35.7 Å². The average Bonchev–Trinajstić information content (AvgIpc) is 2.89. The van der Waals surface area contributed by atoms with Crippen LogP contribution in [-0.2, 0) is 22.0 Å². The normalized spacial score (nSPS) is 15.2. The van der Waals surface area contributed by atoms with E-state index in [0.29, 0.717) is 18.6 Å². The first-order chi connectivity index (χ1) is 11.4. The lowest BCUT2D eigenvalue weighted by Gasteiger charge is -2.28. The van der Waals surface area contributed by atoms with Crippen LogP contribution in [0.1, 0.15) is 71.1 Å². The third-order valence-corrected chi connectivity index (χ3v) is 4.64. The molecule has 25 heavy (non-hydrogen) atoms. The van der Waals surface area contributed by atoms with Gasteiger partial charge in [-0.3, -0.25) is 4.79 Å². The quantitative estimate of drug-likeness (QED) is 0.764. The van der Waals surface area contributed by atoms with Crippen LogP contribution in [0.25, 0.3) is 0 Å². The summed E-state index contributed by atoms with van der Waals surface area (Å²) in [4.78, 5) is 12.3. The van der Waals surface area contributed by atoms with Gasteiger partial charge in [0.15, 0.2) is 5.78 Å². The zero-order valence-corrected chi connectivity index (χ0v) is 16.2. The Bertz CT molecular complexity index is 705. The second kappa shape index (κ2) is 6.78. The molecule has 136 valence electrons. The standard InChI is InChI=1S/C22H29FO2/c1-21(2,3)16-12-14(13-17(20(16)25)22(4,5)6)10-11-19(24)15-8-7-9-18(15)23/h7,9,12-13,25H,8,10-11H2,1-6H3. The van der Waals surface area contributed by atoms with Gasteiger partial charge in [0.2, 0.25) is 0 Å². The predicted molar refractivity (Wildman–Crippen MR) is 101 cm³/mol. The minimum atomic E-state index is -0.401. The van der Waals surface area contributed by atoms with Gasteiger partial charge >= 0.3 is 0 Å². The molecule has 0 heterocycles. The number of halogens is 1. The molecule has 2 rings (SSSR count). The lowest BCUT2D eigenvalue weighted by molar-refractivity contribution is -0.115. The van der Waals surface area contributed by atoms with Crippen molar-refractivity contribution in [3.05, 3.63) is 52.4 Å². The maximum atomic E-state index is 13.6. The molecule has 0 bridgehead atoms. The number of phenolic OH excluding ortho intramolecular Hbond substituents is 1. The molecule has 0 aliphatic heterocycles. The number of aryl methyl sites for hydroxylation is 1. The number of benzene rings is 1. The van der Waals surface area contributed by atoms with E-state index in [1.807, 2.05) is 12.1 Å². The van der Waals surface area contributed by atoms with Gasteiger partial charge in [-0.15, -0.1) is 0 Å². The summed E-state index contributed by atoms with van der Waals surface area (Å²) in [5.74, 6) is -0.199. The van der Waals surface area contributed by atoms with Crippen molar-refractivity contribution in [1.29, 1.82) is 0 Å². The SMILES string of the molecule is CC(C)(C)c1cc(CCC(=O)C2=C(F)C=CC2)cc(C(C)(C)C)c1O. The fraction of sp³-hybridized carbons (Fsp3) is 0.500. The number of hydrogen-bond acceptors (Lipinski definition) is 2. The molecule has 0 saturated carbocycles. The van der Waals surface area contributed by atoms with Crippen LogP contribution < -0.4 is 0 Å². The summed E-state index contributed by atoms with van der Waals surface area (Å²) in [5, 5.41) is 10.7. The third kappa shape index (κ3) is 4.39. The van der Waals surface area contributed by atoms with Crippen molar-refractivity contribution in [2.45, 2.75) is 71.6 Å². The molecule has 0 radical (unpaired) electrons. The molecule has 1 aromatic carbocycles. The third-order valence-electron chi connectivity index (χ3n) is 4.64. The second-order valence-electron chi connectivity index (χ2n) is 8.90. The van der Waals surface area contributed by atoms with E-state index in [1.54, 1.807) is 6.08 Å². The van der Waals surface area contributed by atoms with E-state index in [4.69, 9.17) is 0 Å². The summed E-state index contributed by atoms with van der Waals surface area (Å²) < 4.78 is 13.6. The van der Waals surface area contributed by atoms with Crippen LogP contribution in [0.3, 0.4) is 0 Å². The summed E-state index contributed by atoms with van der Waals surface area (Å²) in [6, 6.07) is 3.96. The van der Waals surface area contributed by atoms with Gasteiger partial charge in [-0.25, -0.2) is 4.39 Å². The second-order valence-corrected chi connectivity index (χ2v) is 8.90. The van der Waals surface area contributed by atoms with E-state index in [9.17, 15) is 14.3 Å². The maximum absolute atomic E-state index is 13.6. The molecule has 1 N–H and O–H groups in total. The Balaban J connectivity index is 2.32. The first-order valence-electron chi connectivity index (χ1n) is 8.86. The summed E-state index contributed by atoms with van der Waals surface area (Å²) in [7, 11) is 0. The van der Waals surface area contributed by atoms with E-state index in [0.717, 1.165) is 16.7 Å². The number of ketones is 1. The molecule has 1 aromatic rings. The highest BCUT2D eigenvalue weighted by atomic mass is 19.1. The smallest absolute Gasteiger partial charge is 0.162 e. The maximum Gasteiger partial charge on any atom is 0.162 e. The molecule has 0 fully saturated rings. The van der Waals surface area contributed by atoms with E-state index in [2.05, 4.69) is 41.5 Å². The molecular weight excluding hydrogens is 315 g/mol. The number of hydrogen-bond donors (Lipinski definition) is 1. The highest BCUT2D eigenvalue weighted by molar-refractivity contribution is 5.97. The monoisotopic (exact) mass is 344 g/mol. The number of phenols is 1. The molecule has 0 atom stereocenters. The van der Waals surface area contributed by atoms with Gasteiger partial charge in [0.1, 0.15) is 11.6 Å². The molecule has 0 unspecified atom stereocenters. The Labute approximate surface area is 150 Å². The number of rotatable bonds is 4. The van der Waals surface area contributed by atoms with Crippen LogP contribution in [0, 0.1) is 0 Å². The minimum Gasteiger partial charge on any atom is -0.507 e. The zero-order chi connectivity index (χ0) is 19.0. The minimum absolute atomic E-state index is 0.134. The number of Topliss-reactive ketones (excluding diaryl/α,β-unsaturated/α-hetero) is 1. The van der Waals surface area contributed by atoms with Crippen LogP contribution in [-0.4, -0.2) is 10.9 Å². The Morgan fingerprint density at radius 3 is 2.00 bits per heavy atom. The van der Waals surface area contributed by atoms with Crippen LogP contribution >= 0.6 is 0 Å². The van der Waals surface area contributed by atoms with Crippen LogP contribution in [0.2, 0.25) is 0 Å². The van der Waals surface area contributed by atoms with Crippen LogP contribution in [0.4, 0.5) is 4.39 Å². The summed E-state index contributed by atoms with van der Waals surface area (Å²) in [6.07, 6.45) is 4.26.